The van der Waals surface area contributed by atoms with E-state index >= 15 is 0 Å². The van der Waals surface area contributed by atoms with Crippen LogP contribution in [0.5, 0.6) is 0 Å². The van der Waals surface area contributed by atoms with Gasteiger partial charge < -0.3 is 15.5 Å². The van der Waals surface area contributed by atoms with Crippen molar-refractivity contribution in [2.75, 3.05) is 26.2 Å². The van der Waals surface area contributed by atoms with Gasteiger partial charge in [-0.15, -0.1) is 12.4 Å². The zero-order valence-corrected chi connectivity index (χ0v) is 16.2. The molecule has 8 nitrogen and oxygen atoms in total. The minimum atomic E-state index is -0.752. The number of hydrogen-bond donors (Lipinski definition) is 2. The lowest BCUT2D eigenvalue weighted by molar-refractivity contribution is -0.385. The van der Waals surface area contributed by atoms with Crippen molar-refractivity contribution in [2.45, 2.75) is 31.7 Å². The standard InChI is InChI=1S/C18H23FN4O4.ClH/c19-13-5-6-14(16(9-13)23(26)27)18(25)22-8-2-3-12(11-22)10-21-17(24)15-4-1-7-20-15;/h5-6,9,12,15,20H,1-4,7-8,10-11H2,(H,21,24);1H. The highest BCUT2D eigenvalue weighted by Gasteiger charge is 2.30. The molecule has 1 aromatic rings. The molecule has 0 aromatic heterocycles. The van der Waals surface area contributed by atoms with Gasteiger partial charge in [0.2, 0.25) is 5.91 Å². The maximum absolute atomic E-state index is 13.3. The van der Waals surface area contributed by atoms with Gasteiger partial charge in [-0.05, 0) is 50.3 Å². The lowest BCUT2D eigenvalue weighted by atomic mass is 9.97. The summed E-state index contributed by atoms with van der Waals surface area (Å²) in [6, 6.07) is 2.83. The minimum Gasteiger partial charge on any atom is -0.354 e. The van der Waals surface area contributed by atoms with Crippen LogP contribution in [0.1, 0.15) is 36.0 Å². The number of likely N-dealkylation sites (tertiary alicyclic amines) is 1. The van der Waals surface area contributed by atoms with E-state index in [0.29, 0.717) is 19.6 Å². The summed E-state index contributed by atoms with van der Waals surface area (Å²) >= 11 is 0. The zero-order valence-electron chi connectivity index (χ0n) is 15.4. The number of hydrogen-bond acceptors (Lipinski definition) is 5. The number of piperidine rings is 1. The van der Waals surface area contributed by atoms with Crippen molar-refractivity contribution in [3.8, 4) is 0 Å². The molecule has 2 unspecified atom stereocenters. The fraction of sp³-hybridized carbons (Fsp3) is 0.556. The van der Waals surface area contributed by atoms with Gasteiger partial charge in [-0.3, -0.25) is 19.7 Å². The number of carbonyl (C=O) groups is 2. The molecule has 0 bridgehead atoms. The Kier molecular flexibility index (Phi) is 7.70. The fourth-order valence-electron chi connectivity index (χ4n) is 3.70. The summed E-state index contributed by atoms with van der Waals surface area (Å²) in [5.41, 5.74) is -0.635. The molecule has 2 amide bonds. The second-order valence-electron chi connectivity index (χ2n) is 7.07. The first-order valence-corrected chi connectivity index (χ1v) is 9.20. The van der Waals surface area contributed by atoms with Crippen molar-refractivity contribution < 1.29 is 18.9 Å². The summed E-state index contributed by atoms with van der Waals surface area (Å²) < 4.78 is 13.3. The van der Waals surface area contributed by atoms with Crippen LogP contribution in [0.2, 0.25) is 0 Å². The van der Waals surface area contributed by atoms with Crippen LogP contribution >= 0.6 is 12.4 Å². The van der Waals surface area contributed by atoms with Crippen molar-refractivity contribution in [2.24, 2.45) is 5.92 Å². The quantitative estimate of drug-likeness (QED) is 0.565. The van der Waals surface area contributed by atoms with Gasteiger partial charge in [0.15, 0.2) is 0 Å². The number of nitro groups is 1. The maximum Gasteiger partial charge on any atom is 0.285 e. The highest BCUT2D eigenvalue weighted by molar-refractivity contribution is 5.98. The van der Waals surface area contributed by atoms with Gasteiger partial charge in [0.25, 0.3) is 11.6 Å². The predicted molar refractivity (Wildman–Crippen MR) is 103 cm³/mol. The summed E-state index contributed by atoms with van der Waals surface area (Å²) in [6.45, 7) is 2.21. The van der Waals surface area contributed by atoms with E-state index in [4.69, 9.17) is 0 Å². The smallest absolute Gasteiger partial charge is 0.285 e. The molecule has 2 N–H and O–H groups in total. The molecule has 2 saturated heterocycles. The molecule has 2 heterocycles. The molecule has 0 radical (unpaired) electrons. The van der Waals surface area contributed by atoms with Crippen molar-refractivity contribution >= 4 is 29.9 Å². The van der Waals surface area contributed by atoms with E-state index in [2.05, 4.69) is 10.6 Å². The van der Waals surface area contributed by atoms with E-state index in [0.717, 1.165) is 50.4 Å². The van der Waals surface area contributed by atoms with Crippen LogP contribution in [0.3, 0.4) is 0 Å². The normalized spacial score (nSPS) is 21.7. The first kappa shape index (κ1) is 22.0. The van der Waals surface area contributed by atoms with Crippen LogP contribution in [0, 0.1) is 21.8 Å². The highest BCUT2D eigenvalue weighted by atomic mass is 35.5. The number of carbonyl (C=O) groups excluding carboxylic acids is 2. The largest absolute Gasteiger partial charge is 0.354 e. The molecule has 28 heavy (non-hydrogen) atoms. The molecule has 0 saturated carbocycles. The minimum absolute atomic E-state index is 0. The average Bonchev–Trinajstić information content (AvgIpc) is 3.20. The summed E-state index contributed by atoms with van der Waals surface area (Å²) in [4.78, 5) is 36.8. The van der Waals surface area contributed by atoms with Crippen LogP contribution in [0.4, 0.5) is 10.1 Å². The second kappa shape index (κ2) is 9.79. The third kappa shape index (κ3) is 5.17. The Labute approximate surface area is 168 Å². The van der Waals surface area contributed by atoms with E-state index in [1.807, 2.05) is 0 Å². The molecule has 1 aromatic carbocycles. The van der Waals surface area contributed by atoms with E-state index in [-0.39, 0.29) is 35.8 Å². The van der Waals surface area contributed by atoms with Crippen molar-refractivity contribution in [3.63, 3.8) is 0 Å². The molecule has 0 aliphatic carbocycles. The molecule has 3 rings (SSSR count). The Morgan fingerprint density at radius 2 is 2.11 bits per heavy atom. The topological polar surface area (TPSA) is 105 Å². The van der Waals surface area contributed by atoms with Gasteiger partial charge >= 0.3 is 0 Å². The van der Waals surface area contributed by atoms with Crippen molar-refractivity contribution in [3.05, 3.63) is 39.7 Å². The second-order valence-corrected chi connectivity index (χ2v) is 7.07. The monoisotopic (exact) mass is 414 g/mol. The van der Waals surface area contributed by atoms with Crippen molar-refractivity contribution in [1.82, 2.24) is 15.5 Å². The molecule has 2 aliphatic heterocycles. The number of amides is 2. The molecular formula is C18H24ClFN4O4. The summed E-state index contributed by atoms with van der Waals surface area (Å²) in [5.74, 6) is -1.16. The maximum atomic E-state index is 13.3. The van der Waals surface area contributed by atoms with Gasteiger partial charge in [0.1, 0.15) is 11.4 Å². The summed E-state index contributed by atoms with van der Waals surface area (Å²) in [5, 5.41) is 17.2. The Morgan fingerprint density at radius 1 is 1.32 bits per heavy atom. The summed E-state index contributed by atoms with van der Waals surface area (Å²) in [6.07, 6.45) is 3.44. The lowest BCUT2D eigenvalue weighted by Crippen LogP contribution is -2.46. The third-order valence-corrected chi connectivity index (χ3v) is 5.13. The van der Waals surface area contributed by atoms with Crippen LogP contribution in [0.25, 0.3) is 0 Å². The fourth-order valence-corrected chi connectivity index (χ4v) is 3.70. The first-order valence-electron chi connectivity index (χ1n) is 9.20. The van der Waals surface area contributed by atoms with Gasteiger partial charge in [0.05, 0.1) is 17.0 Å². The number of nitrogens with zero attached hydrogens (tertiary/aromatic N) is 2. The van der Waals surface area contributed by atoms with Gasteiger partial charge in [-0.25, -0.2) is 4.39 Å². The number of nitrogens with one attached hydrogen (secondary N) is 2. The summed E-state index contributed by atoms with van der Waals surface area (Å²) in [7, 11) is 0. The SMILES string of the molecule is Cl.O=C(NCC1CCCN(C(=O)c2ccc(F)cc2[N+](=O)[O-])C1)C1CCCN1. The van der Waals surface area contributed by atoms with Crippen LogP contribution in [0.15, 0.2) is 18.2 Å². The van der Waals surface area contributed by atoms with Crippen molar-refractivity contribution in [1.29, 1.82) is 0 Å². The van der Waals surface area contributed by atoms with Crippen LogP contribution in [-0.2, 0) is 4.79 Å². The van der Waals surface area contributed by atoms with Gasteiger partial charge in [-0.2, -0.15) is 0 Å². The number of halogens is 2. The average molecular weight is 415 g/mol. The number of benzene rings is 1. The predicted octanol–water partition coefficient (Wildman–Crippen LogP) is 1.88. The molecule has 2 atom stereocenters. The van der Waals surface area contributed by atoms with Gasteiger partial charge in [0, 0.05) is 19.6 Å². The van der Waals surface area contributed by atoms with E-state index < -0.39 is 22.3 Å². The van der Waals surface area contributed by atoms with E-state index in [1.165, 1.54) is 0 Å². The Hall–Kier alpha value is -2.26. The molecule has 2 aliphatic rings. The number of nitro benzene ring substituents is 1. The Balaban J connectivity index is 0.00000280. The first-order chi connectivity index (χ1) is 13.0. The van der Waals surface area contributed by atoms with Crippen LogP contribution < -0.4 is 10.6 Å². The third-order valence-electron chi connectivity index (χ3n) is 5.13. The lowest BCUT2D eigenvalue weighted by Gasteiger charge is -2.33. The zero-order chi connectivity index (χ0) is 19.4. The molecule has 154 valence electrons. The molecule has 10 heteroatoms. The molecular weight excluding hydrogens is 391 g/mol. The Bertz CT molecular complexity index is 742. The van der Waals surface area contributed by atoms with E-state index in [9.17, 15) is 24.1 Å². The Morgan fingerprint density at radius 3 is 2.79 bits per heavy atom. The van der Waals surface area contributed by atoms with Gasteiger partial charge in [-0.1, -0.05) is 0 Å². The molecule has 0 spiro atoms. The number of rotatable bonds is 5. The van der Waals surface area contributed by atoms with Crippen LogP contribution in [-0.4, -0.2) is 53.9 Å². The highest BCUT2D eigenvalue weighted by Crippen LogP contribution is 2.24. The molecule has 2 fully saturated rings. The van der Waals surface area contributed by atoms with E-state index in [1.54, 1.807) is 4.90 Å².